The van der Waals surface area contributed by atoms with Gasteiger partial charge in [-0.25, -0.2) is 4.79 Å². The van der Waals surface area contributed by atoms with E-state index in [1.165, 1.54) is 43.3 Å². The molecule has 20 heteroatoms. The molecule has 15 unspecified atom stereocenters. The fourth-order valence-corrected chi connectivity index (χ4v) is 6.22. The summed E-state index contributed by atoms with van der Waals surface area (Å²) in [7, 11) is 0. The van der Waals surface area contributed by atoms with Crippen molar-refractivity contribution in [1.29, 1.82) is 0 Å². The van der Waals surface area contributed by atoms with E-state index in [2.05, 4.69) is 0 Å². The van der Waals surface area contributed by atoms with E-state index in [1.807, 2.05) is 0 Å². The summed E-state index contributed by atoms with van der Waals surface area (Å²) >= 11 is 0. The second kappa shape index (κ2) is 18.5. The lowest BCUT2D eigenvalue weighted by atomic mass is 9.96. The molecule has 3 fully saturated rings. The second-order valence-electron chi connectivity index (χ2n) is 13.2. The van der Waals surface area contributed by atoms with Gasteiger partial charge in [-0.1, -0.05) is 12.1 Å². The largest absolute Gasteiger partial charge is 0.504 e. The van der Waals surface area contributed by atoms with Crippen LogP contribution in [0.1, 0.15) is 18.1 Å². The summed E-state index contributed by atoms with van der Waals surface area (Å²) in [5, 5.41) is 123. The van der Waals surface area contributed by atoms with Crippen molar-refractivity contribution in [2.24, 2.45) is 0 Å². The van der Waals surface area contributed by atoms with Gasteiger partial charge in [-0.15, -0.1) is 0 Å². The van der Waals surface area contributed by atoms with E-state index >= 15 is 0 Å². The molecule has 0 spiro atoms. The fraction of sp³-hybridized carbons (Fsp3) is 0.571. The van der Waals surface area contributed by atoms with Gasteiger partial charge >= 0.3 is 5.97 Å². The number of carbonyl (C=O) groups excluding carboxylic acids is 1. The third-order valence-corrected chi connectivity index (χ3v) is 9.39. The topological polar surface area (TPSA) is 324 Å². The van der Waals surface area contributed by atoms with Gasteiger partial charge in [0.1, 0.15) is 61.0 Å². The molecule has 0 saturated carbocycles. The average Bonchev–Trinajstić information content (AvgIpc) is 3.16. The molecule has 3 aliphatic heterocycles. The maximum atomic E-state index is 13.1. The molecular weight excluding hydrogens is 740 g/mol. The van der Waals surface area contributed by atoms with Crippen LogP contribution < -0.4 is 0 Å². The molecule has 0 bridgehead atoms. The SMILES string of the molecule is CC1OC(OC2C(O)C(OCCc3ccc(O)c(O)c3)OC(CO)C2OC(=O)C=Cc2ccc(O)c(O)c2)C(OC2OC(CO)C(O)C(O)C2O)C(O)C1O. The molecule has 3 saturated heterocycles. The zero-order valence-electron chi connectivity index (χ0n) is 29.2. The van der Waals surface area contributed by atoms with Crippen LogP contribution in [0.4, 0.5) is 0 Å². The standard InChI is InChI=1S/C35H46O20/c1-14-24(43)27(46)32(55-34-28(47)26(45)25(44)21(12-36)51-34)35(50-14)54-31-29(48)33(49-9-8-16-3-6-18(39)20(41)11-16)52-22(13-37)30(31)53-23(42)7-4-15-2-5-17(38)19(40)10-15/h2-7,10-11,14,21-22,24-41,43-48H,8-9,12-13H2,1H3. The summed E-state index contributed by atoms with van der Waals surface area (Å²) in [6.07, 6.45) is -23.1. The summed E-state index contributed by atoms with van der Waals surface area (Å²) in [6.45, 7) is -0.439. The van der Waals surface area contributed by atoms with Crippen molar-refractivity contribution in [3.63, 3.8) is 0 Å². The van der Waals surface area contributed by atoms with Crippen LogP contribution in [-0.4, -0.2) is 179 Å². The van der Waals surface area contributed by atoms with Crippen molar-refractivity contribution in [3.8, 4) is 23.0 Å². The zero-order valence-corrected chi connectivity index (χ0v) is 29.2. The highest BCUT2D eigenvalue weighted by molar-refractivity contribution is 5.87. The quantitative estimate of drug-likeness (QED) is 0.0541. The summed E-state index contributed by atoms with van der Waals surface area (Å²) < 4.78 is 40.2. The number of hydrogen-bond donors (Lipinski definition) is 12. The third-order valence-electron chi connectivity index (χ3n) is 9.39. The van der Waals surface area contributed by atoms with Gasteiger partial charge in [0.25, 0.3) is 0 Å². The van der Waals surface area contributed by atoms with Gasteiger partial charge in [-0.3, -0.25) is 0 Å². The minimum absolute atomic E-state index is 0.133. The lowest BCUT2D eigenvalue weighted by Crippen LogP contribution is -2.66. The lowest BCUT2D eigenvalue weighted by Gasteiger charge is -2.48. The Hall–Kier alpha value is -3.71. The Labute approximate surface area is 313 Å². The first-order chi connectivity index (χ1) is 26.1. The number of ether oxygens (including phenoxy) is 7. The van der Waals surface area contributed by atoms with E-state index in [0.29, 0.717) is 5.56 Å². The van der Waals surface area contributed by atoms with Gasteiger partial charge in [-0.2, -0.15) is 0 Å². The van der Waals surface area contributed by atoms with Crippen molar-refractivity contribution in [1.82, 2.24) is 0 Å². The van der Waals surface area contributed by atoms with Gasteiger partial charge in [-0.05, 0) is 54.8 Å². The van der Waals surface area contributed by atoms with Gasteiger partial charge in [0.05, 0.1) is 25.9 Å². The molecule has 0 radical (unpaired) electrons. The highest BCUT2D eigenvalue weighted by Crippen LogP contribution is 2.35. The molecule has 2 aromatic carbocycles. The predicted molar refractivity (Wildman–Crippen MR) is 180 cm³/mol. The van der Waals surface area contributed by atoms with Crippen LogP contribution in [0.15, 0.2) is 42.5 Å². The number of phenols is 4. The van der Waals surface area contributed by atoms with Crippen molar-refractivity contribution in [3.05, 3.63) is 53.6 Å². The maximum absolute atomic E-state index is 13.1. The average molecular weight is 787 g/mol. The first-order valence-corrected chi connectivity index (χ1v) is 17.2. The molecule has 0 aliphatic carbocycles. The monoisotopic (exact) mass is 786 g/mol. The van der Waals surface area contributed by atoms with Crippen LogP contribution in [0.25, 0.3) is 6.08 Å². The number of aliphatic hydroxyl groups excluding tert-OH is 8. The molecule has 3 aliphatic rings. The molecule has 0 amide bonds. The van der Waals surface area contributed by atoms with E-state index in [9.17, 15) is 66.1 Å². The number of esters is 1. The van der Waals surface area contributed by atoms with E-state index in [1.54, 1.807) is 0 Å². The highest BCUT2D eigenvalue weighted by atomic mass is 16.8. The van der Waals surface area contributed by atoms with Gasteiger partial charge in [0, 0.05) is 6.08 Å². The Morgan fingerprint density at radius 1 is 0.655 bits per heavy atom. The Morgan fingerprint density at radius 2 is 1.29 bits per heavy atom. The Balaban J connectivity index is 1.41. The van der Waals surface area contributed by atoms with E-state index < -0.39 is 123 Å². The predicted octanol–water partition coefficient (Wildman–Crippen LogP) is -3.19. The summed E-state index contributed by atoms with van der Waals surface area (Å²) in [5.41, 5.74) is 0.803. The van der Waals surface area contributed by atoms with Crippen molar-refractivity contribution in [2.75, 3.05) is 19.8 Å². The molecule has 3 heterocycles. The third kappa shape index (κ3) is 9.82. The van der Waals surface area contributed by atoms with Crippen LogP contribution in [0.2, 0.25) is 0 Å². The summed E-state index contributed by atoms with van der Waals surface area (Å²) in [4.78, 5) is 13.1. The van der Waals surface area contributed by atoms with Crippen LogP contribution in [0, 0.1) is 0 Å². The number of carbonyl (C=O) groups is 1. The Kier molecular flexibility index (Phi) is 14.3. The van der Waals surface area contributed by atoms with Crippen molar-refractivity contribution >= 4 is 12.0 Å². The van der Waals surface area contributed by atoms with E-state index in [-0.39, 0.29) is 30.1 Å². The number of rotatable bonds is 13. The number of hydrogen-bond acceptors (Lipinski definition) is 20. The first-order valence-electron chi connectivity index (χ1n) is 17.2. The van der Waals surface area contributed by atoms with Crippen molar-refractivity contribution in [2.45, 2.75) is 105 Å². The number of benzene rings is 2. The molecule has 15 atom stereocenters. The summed E-state index contributed by atoms with van der Waals surface area (Å²) in [5.74, 6) is -2.65. The molecular formula is C35H46O20. The minimum atomic E-state index is -1.95. The molecule has 306 valence electrons. The van der Waals surface area contributed by atoms with E-state index in [4.69, 9.17) is 33.2 Å². The van der Waals surface area contributed by atoms with E-state index in [0.717, 1.165) is 12.1 Å². The second-order valence-corrected chi connectivity index (χ2v) is 13.2. The maximum Gasteiger partial charge on any atom is 0.331 e. The van der Waals surface area contributed by atoms with Crippen LogP contribution in [0.3, 0.4) is 0 Å². The van der Waals surface area contributed by atoms with Crippen LogP contribution in [-0.2, 0) is 44.4 Å². The number of aliphatic hydroxyl groups is 8. The Morgan fingerprint density at radius 3 is 1.95 bits per heavy atom. The first kappa shape index (κ1) is 42.4. The van der Waals surface area contributed by atoms with Crippen LogP contribution in [0.5, 0.6) is 23.0 Å². The normalized spacial score (nSPS) is 36.9. The fourth-order valence-electron chi connectivity index (χ4n) is 6.22. The lowest BCUT2D eigenvalue weighted by molar-refractivity contribution is -0.386. The number of aromatic hydroxyl groups is 4. The molecule has 12 N–H and O–H groups in total. The summed E-state index contributed by atoms with van der Waals surface area (Å²) in [6, 6.07) is 7.79. The van der Waals surface area contributed by atoms with Gasteiger partial charge in [0.2, 0.25) is 0 Å². The molecule has 5 rings (SSSR count). The molecule has 20 nitrogen and oxygen atoms in total. The van der Waals surface area contributed by atoms with Crippen LogP contribution >= 0.6 is 0 Å². The Bertz CT molecular complexity index is 1610. The smallest absolute Gasteiger partial charge is 0.331 e. The number of phenolic OH excluding ortho intramolecular Hbond substituents is 4. The molecule has 2 aromatic rings. The van der Waals surface area contributed by atoms with Crippen molar-refractivity contribution < 1.29 is 99.2 Å². The molecule has 55 heavy (non-hydrogen) atoms. The van der Waals surface area contributed by atoms with Gasteiger partial charge < -0.3 is 94.4 Å². The molecule has 0 aromatic heterocycles. The zero-order chi connectivity index (χ0) is 40.1. The van der Waals surface area contributed by atoms with Gasteiger partial charge in [0.15, 0.2) is 48.0 Å². The highest BCUT2D eigenvalue weighted by Gasteiger charge is 2.54. The minimum Gasteiger partial charge on any atom is -0.504 e.